The van der Waals surface area contributed by atoms with Crippen LogP contribution >= 0.6 is 11.3 Å². The van der Waals surface area contributed by atoms with Crippen LogP contribution in [-0.2, 0) is 11.3 Å². The summed E-state index contributed by atoms with van der Waals surface area (Å²) in [5.74, 6) is 0.573. The first-order chi connectivity index (χ1) is 17.1. The van der Waals surface area contributed by atoms with Gasteiger partial charge < -0.3 is 14.4 Å². The molecule has 35 heavy (non-hydrogen) atoms. The van der Waals surface area contributed by atoms with E-state index < -0.39 is 0 Å². The standard InChI is InChI=1S/C26H25FN4O3S/c1-33-21-9-2-6-18(14-21)16-30(17-22-10-4-12-34-22)26(32)24-28-25(23-11-5-13-35-23)31(29-24)20-8-3-7-19(27)15-20/h2-3,5-9,11,13-15,22H,4,10,12,16-17H2,1H3. The molecule has 1 amide bonds. The first-order valence-corrected chi connectivity index (χ1v) is 12.3. The van der Waals surface area contributed by atoms with Gasteiger partial charge in [-0.15, -0.1) is 16.4 Å². The lowest BCUT2D eigenvalue weighted by Gasteiger charge is -2.24. The first-order valence-electron chi connectivity index (χ1n) is 11.4. The average Bonchev–Trinajstić information content (AvgIpc) is 3.65. The predicted molar refractivity (Wildman–Crippen MR) is 131 cm³/mol. The fourth-order valence-corrected chi connectivity index (χ4v) is 4.84. The zero-order valence-electron chi connectivity index (χ0n) is 19.3. The van der Waals surface area contributed by atoms with Crippen molar-refractivity contribution in [1.29, 1.82) is 0 Å². The van der Waals surface area contributed by atoms with Crippen LogP contribution in [0.15, 0.2) is 66.0 Å². The van der Waals surface area contributed by atoms with Crippen LogP contribution in [0.4, 0.5) is 4.39 Å². The summed E-state index contributed by atoms with van der Waals surface area (Å²) in [4.78, 5) is 20.9. The summed E-state index contributed by atoms with van der Waals surface area (Å²) < 4.78 is 26.7. The third-order valence-corrected chi connectivity index (χ3v) is 6.70. The van der Waals surface area contributed by atoms with E-state index in [2.05, 4.69) is 10.1 Å². The highest BCUT2D eigenvalue weighted by atomic mass is 32.1. The Morgan fingerprint density at radius 1 is 1.23 bits per heavy atom. The molecule has 1 atom stereocenters. The summed E-state index contributed by atoms with van der Waals surface area (Å²) >= 11 is 1.48. The number of hydrogen-bond acceptors (Lipinski definition) is 6. The Balaban J connectivity index is 1.51. The van der Waals surface area contributed by atoms with Crippen molar-refractivity contribution in [3.8, 4) is 22.1 Å². The lowest BCUT2D eigenvalue weighted by Crippen LogP contribution is -2.37. The first kappa shape index (κ1) is 23.2. The van der Waals surface area contributed by atoms with Crippen molar-refractivity contribution in [2.45, 2.75) is 25.5 Å². The van der Waals surface area contributed by atoms with E-state index in [1.165, 1.54) is 28.2 Å². The number of halogens is 1. The zero-order chi connectivity index (χ0) is 24.2. The monoisotopic (exact) mass is 492 g/mol. The molecule has 0 N–H and O–H groups in total. The molecule has 1 fully saturated rings. The molecule has 9 heteroatoms. The quantitative estimate of drug-likeness (QED) is 0.348. The highest BCUT2D eigenvalue weighted by Crippen LogP contribution is 2.27. The van der Waals surface area contributed by atoms with Crippen LogP contribution < -0.4 is 4.74 Å². The Bertz CT molecular complexity index is 1300. The van der Waals surface area contributed by atoms with Crippen LogP contribution in [0.3, 0.4) is 0 Å². The Labute approximate surface area is 206 Å². The maximum atomic E-state index is 14.0. The van der Waals surface area contributed by atoms with Crippen LogP contribution in [0, 0.1) is 5.82 Å². The molecule has 1 aliphatic heterocycles. The van der Waals surface area contributed by atoms with Gasteiger partial charge in [0.15, 0.2) is 5.82 Å². The fraction of sp³-hybridized carbons (Fsp3) is 0.269. The molecule has 2 aromatic carbocycles. The van der Waals surface area contributed by atoms with E-state index in [0.717, 1.165) is 29.0 Å². The molecule has 0 spiro atoms. The van der Waals surface area contributed by atoms with E-state index >= 15 is 0 Å². The topological polar surface area (TPSA) is 69.5 Å². The molecular formula is C26H25FN4O3S. The number of rotatable bonds is 8. The lowest BCUT2D eigenvalue weighted by molar-refractivity contribution is 0.0498. The van der Waals surface area contributed by atoms with E-state index in [1.807, 2.05) is 41.8 Å². The molecule has 2 aromatic heterocycles. The molecule has 4 aromatic rings. The fourth-order valence-electron chi connectivity index (χ4n) is 4.14. The van der Waals surface area contributed by atoms with Crippen molar-refractivity contribution in [3.05, 3.63) is 83.2 Å². The smallest absolute Gasteiger partial charge is 0.293 e. The van der Waals surface area contributed by atoms with Gasteiger partial charge in [-0.2, -0.15) is 0 Å². The second kappa shape index (κ2) is 10.4. The highest BCUT2D eigenvalue weighted by molar-refractivity contribution is 7.13. The van der Waals surface area contributed by atoms with E-state index in [0.29, 0.717) is 31.2 Å². The summed E-state index contributed by atoms with van der Waals surface area (Å²) in [5, 5.41) is 6.46. The molecule has 0 radical (unpaired) electrons. The number of hydrogen-bond donors (Lipinski definition) is 0. The lowest BCUT2D eigenvalue weighted by atomic mass is 10.1. The zero-order valence-corrected chi connectivity index (χ0v) is 20.1. The van der Waals surface area contributed by atoms with Gasteiger partial charge in [0.2, 0.25) is 5.82 Å². The molecule has 5 rings (SSSR count). The van der Waals surface area contributed by atoms with Gasteiger partial charge in [-0.25, -0.2) is 14.1 Å². The van der Waals surface area contributed by atoms with Crippen LogP contribution in [-0.4, -0.2) is 51.9 Å². The van der Waals surface area contributed by atoms with Crippen molar-refractivity contribution in [1.82, 2.24) is 19.7 Å². The largest absolute Gasteiger partial charge is 0.497 e. The normalized spacial score (nSPS) is 15.3. The number of methoxy groups -OCH3 is 1. The SMILES string of the molecule is COc1cccc(CN(CC2CCCO2)C(=O)c2nc(-c3cccs3)n(-c3cccc(F)c3)n2)c1. The van der Waals surface area contributed by atoms with Crippen molar-refractivity contribution >= 4 is 17.2 Å². The summed E-state index contributed by atoms with van der Waals surface area (Å²) in [6, 6.07) is 17.5. The van der Waals surface area contributed by atoms with Gasteiger partial charge in [0.1, 0.15) is 11.6 Å². The molecule has 7 nitrogen and oxygen atoms in total. The highest BCUT2D eigenvalue weighted by Gasteiger charge is 2.28. The van der Waals surface area contributed by atoms with Crippen molar-refractivity contribution < 1.29 is 18.7 Å². The molecule has 3 heterocycles. The number of aromatic nitrogens is 3. The van der Waals surface area contributed by atoms with Crippen molar-refractivity contribution in [2.24, 2.45) is 0 Å². The van der Waals surface area contributed by atoms with Crippen molar-refractivity contribution in [3.63, 3.8) is 0 Å². The van der Waals surface area contributed by atoms with Gasteiger partial charge in [-0.1, -0.05) is 24.3 Å². The Kier molecular flexibility index (Phi) is 6.87. The maximum absolute atomic E-state index is 14.0. The van der Waals surface area contributed by atoms with E-state index in [-0.39, 0.29) is 23.7 Å². The summed E-state index contributed by atoms with van der Waals surface area (Å²) in [6.45, 7) is 1.48. The number of benzene rings is 2. The average molecular weight is 493 g/mol. The van der Waals surface area contributed by atoms with Crippen LogP contribution in [0.1, 0.15) is 29.0 Å². The molecule has 0 saturated carbocycles. The van der Waals surface area contributed by atoms with Crippen LogP contribution in [0.5, 0.6) is 5.75 Å². The minimum Gasteiger partial charge on any atom is -0.497 e. The minimum atomic E-state index is -0.388. The molecule has 0 aliphatic carbocycles. The van der Waals surface area contributed by atoms with Gasteiger partial charge >= 0.3 is 0 Å². The van der Waals surface area contributed by atoms with Crippen LogP contribution in [0.2, 0.25) is 0 Å². The Hall–Kier alpha value is -3.56. The molecule has 180 valence electrons. The molecule has 0 bridgehead atoms. The summed E-state index contributed by atoms with van der Waals surface area (Å²) in [5.41, 5.74) is 1.43. The van der Waals surface area contributed by atoms with Crippen LogP contribution in [0.25, 0.3) is 16.4 Å². The maximum Gasteiger partial charge on any atom is 0.293 e. The third-order valence-electron chi connectivity index (χ3n) is 5.84. The summed E-state index contributed by atoms with van der Waals surface area (Å²) in [6.07, 6.45) is 1.83. The minimum absolute atomic E-state index is 0.0355. The van der Waals surface area contributed by atoms with E-state index in [9.17, 15) is 9.18 Å². The molecular weight excluding hydrogens is 467 g/mol. The second-order valence-electron chi connectivity index (χ2n) is 8.30. The number of carbonyl (C=O) groups is 1. The number of amides is 1. The molecule has 1 aliphatic rings. The van der Waals surface area contributed by atoms with Gasteiger partial charge in [0.05, 0.1) is 23.8 Å². The predicted octanol–water partition coefficient (Wildman–Crippen LogP) is 4.96. The number of nitrogens with zero attached hydrogens (tertiary/aromatic N) is 4. The number of ether oxygens (including phenoxy) is 2. The van der Waals surface area contributed by atoms with Crippen molar-refractivity contribution in [2.75, 3.05) is 20.3 Å². The van der Waals surface area contributed by atoms with Gasteiger partial charge in [-0.05, 0) is 60.2 Å². The molecule has 1 unspecified atom stereocenters. The third kappa shape index (κ3) is 5.26. The summed E-state index contributed by atoms with van der Waals surface area (Å²) in [7, 11) is 1.61. The van der Waals surface area contributed by atoms with Gasteiger partial charge in [0, 0.05) is 19.7 Å². The van der Waals surface area contributed by atoms with E-state index in [4.69, 9.17) is 9.47 Å². The van der Waals surface area contributed by atoms with Gasteiger partial charge in [0.25, 0.3) is 5.91 Å². The second-order valence-corrected chi connectivity index (χ2v) is 9.25. The number of carbonyl (C=O) groups excluding carboxylic acids is 1. The van der Waals surface area contributed by atoms with E-state index in [1.54, 1.807) is 24.1 Å². The number of thiophene rings is 1. The van der Waals surface area contributed by atoms with Gasteiger partial charge in [-0.3, -0.25) is 4.79 Å². The Morgan fingerprint density at radius 2 is 2.11 bits per heavy atom. The Morgan fingerprint density at radius 3 is 2.86 bits per heavy atom. The molecule has 1 saturated heterocycles.